The van der Waals surface area contributed by atoms with E-state index in [4.69, 9.17) is 11.6 Å². The molecule has 0 saturated carbocycles. The van der Waals surface area contributed by atoms with Crippen LogP contribution in [0.15, 0.2) is 67.0 Å². The van der Waals surface area contributed by atoms with Crippen LogP contribution in [0.4, 0.5) is 11.6 Å². The van der Waals surface area contributed by atoms with E-state index in [0.29, 0.717) is 17.5 Å². The topological polar surface area (TPSA) is 90.4 Å². The summed E-state index contributed by atoms with van der Waals surface area (Å²) in [7, 11) is 0. The molecular weight excluding hydrogens is 438 g/mol. The van der Waals surface area contributed by atoms with Crippen LogP contribution in [0, 0.1) is 0 Å². The number of nitrogens with zero attached hydrogens (tertiary/aromatic N) is 3. The molecule has 1 amide bonds. The lowest BCUT2D eigenvalue weighted by atomic mass is 10.1. The summed E-state index contributed by atoms with van der Waals surface area (Å²) in [6.45, 7) is 1.97. The van der Waals surface area contributed by atoms with Crippen LogP contribution in [0.5, 0.6) is 0 Å². The van der Waals surface area contributed by atoms with Crippen molar-refractivity contribution in [1.29, 1.82) is 0 Å². The molecule has 7 nitrogen and oxygen atoms in total. The normalized spacial score (nSPS) is 16.5. The van der Waals surface area contributed by atoms with Gasteiger partial charge >= 0.3 is 0 Å². The van der Waals surface area contributed by atoms with Crippen molar-refractivity contribution >= 4 is 29.1 Å². The summed E-state index contributed by atoms with van der Waals surface area (Å²) in [6, 6.07) is 16.6. The Labute approximate surface area is 198 Å². The Morgan fingerprint density at radius 2 is 1.94 bits per heavy atom. The van der Waals surface area contributed by atoms with Crippen LogP contribution in [0.3, 0.4) is 0 Å². The van der Waals surface area contributed by atoms with E-state index in [-0.39, 0.29) is 11.9 Å². The van der Waals surface area contributed by atoms with E-state index in [1.807, 2.05) is 41.3 Å². The molecule has 0 bridgehead atoms. The Hall–Kier alpha value is -3.00. The number of aliphatic hydroxyl groups is 1. The third-order valence-corrected chi connectivity index (χ3v) is 5.98. The quantitative estimate of drug-likeness (QED) is 0.418. The zero-order chi connectivity index (χ0) is 23.0. The van der Waals surface area contributed by atoms with Crippen molar-refractivity contribution in [2.24, 2.45) is 0 Å². The van der Waals surface area contributed by atoms with E-state index in [1.54, 1.807) is 30.6 Å². The highest BCUT2D eigenvalue weighted by Crippen LogP contribution is 2.23. The Morgan fingerprint density at radius 3 is 2.70 bits per heavy atom. The van der Waals surface area contributed by atoms with E-state index < -0.39 is 6.10 Å². The fraction of sp³-hybridized carbons (Fsp3) is 0.320. The van der Waals surface area contributed by atoms with Gasteiger partial charge in [-0.2, -0.15) is 0 Å². The maximum atomic E-state index is 12.8. The molecule has 1 aliphatic rings. The van der Waals surface area contributed by atoms with Gasteiger partial charge in [-0.15, -0.1) is 0 Å². The van der Waals surface area contributed by atoms with E-state index in [9.17, 15) is 9.90 Å². The number of anilines is 2. The first kappa shape index (κ1) is 23.2. The van der Waals surface area contributed by atoms with Crippen LogP contribution in [-0.4, -0.2) is 46.7 Å². The number of benzene rings is 2. The van der Waals surface area contributed by atoms with Crippen molar-refractivity contribution in [2.75, 3.05) is 29.9 Å². The highest BCUT2D eigenvalue weighted by molar-refractivity contribution is 6.30. The maximum absolute atomic E-state index is 12.8. The van der Waals surface area contributed by atoms with Crippen LogP contribution < -0.4 is 15.5 Å². The van der Waals surface area contributed by atoms with Gasteiger partial charge in [0.05, 0.1) is 6.10 Å². The van der Waals surface area contributed by atoms with Crippen molar-refractivity contribution < 1.29 is 9.90 Å². The third kappa shape index (κ3) is 6.28. The molecule has 0 aliphatic carbocycles. The minimum absolute atomic E-state index is 0.0376. The van der Waals surface area contributed by atoms with Crippen LogP contribution in [0.1, 0.15) is 30.1 Å². The highest BCUT2D eigenvalue weighted by Gasteiger charge is 2.32. The van der Waals surface area contributed by atoms with Crippen LogP contribution in [0.2, 0.25) is 5.02 Å². The lowest BCUT2D eigenvalue weighted by molar-refractivity contribution is -0.117. The largest absolute Gasteiger partial charge is 0.387 e. The summed E-state index contributed by atoms with van der Waals surface area (Å²) in [5.41, 5.74) is 2.72. The number of aromatic nitrogens is 2. The van der Waals surface area contributed by atoms with E-state index in [2.05, 4.69) is 20.6 Å². The van der Waals surface area contributed by atoms with Gasteiger partial charge in [-0.05, 0) is 67.3 Å². The van der Waals surface area contributed by atoms with Crippen molar-refractivity contribution in [1.82, 2.24) is 15.3 Å². The van der Waals surface area contributed by atoms with Gasteiger partial charge in [-0.3, -0.25) is 4.79 Å². The molecule has 3 aromatic rings. The Morgan fingerprint density at radius 1 is 1.15 bits per heavy atom. The SMILES string of the molecule is O=C(Nc1ccc(CCNC[C@H](O)c2cccc(Cl)c2)cc1)[C@@H]1CCCN1c1ncccn1. The molecule has 2 heterocycles. The van der Waals surface area contributed by atoms with Crippen molar-refractivity contribution in [2.45, 2.75) is 31.4 Å². The van der Waals surface area contributed by atoms with Gasteiger partial charge in [0.25, 0.3) is 0 Å². The lowest BCUT2D eigenvalue weighted by Gasteiger charge is -2.23. The molecule has 0 unspecified atom stereocenters. The highest BCUT2D eigenvalue weighted by atomic mass is 35.5. The molecule has 2 atom stereocenters. The number of amides is 1. The zero-order valence-electron chi connectivity index (χ0n) is 18.3. The number of rotatable bonds is 9. The van der Waals surface area contributed by atoms with Crippen LogP contribution in [-0.2, 0) is 11.2 Å². The molecule has 0 radical (unpaired) electrons. The number of halogens is 1. The van der Waals surface area contributed by atoms with Gasteiger partial charge in [0.15, 0.2) is 0 Å². The van der Waals surface area contributed by atoms with Crippen molar-refractivity contribution in [3.05, 3.63) is 83.1 Å². The molecule has 172 valence electrons. The number of nitrogens with one attached hydrogen (secondary N) is 2. The Bertz CT molecular complexity index is 1050. The van der Waals surface area contributed by atoms with Crippen molar-refractivity contribution in [3.63, 3.8) is 0 Å². The van der Waals surface area contributed by atoms with Gasteiger partial charge in [-0.25, -0.2) is 9.97 Å². The molecule has 33 heavy (non-hydrogen) atoms. The summed E-state index contributed by atoms with van der Waals surface area (Å²) in [5.74, 6) is 0.558. The first-order valence-corrected chi connectivity index (χ1v) is 11.6. The van der Waals surface area contributed by atoms with Gasteiger partial charge in [0, 0.05) is 36.2 Å². The molecule has 2 aromatic carbocycles. The van der Waals surface area contributed by atoms with Crippen LogP contribution in [0.25, 0.3) is 0 Å². The molecule has 0 spiro atoms. The first-order chi connectivity index (χ1) is 16.1. The predicted molar refractivity (Wildman–Crippen MR) is 130 cm³/mol. The summed E-state index contributed by atoms with van der Waals surface area (Å²) < 4.78 is 0. The molecule has 1 aromatic heterocycles. The lowest BCUT2D eigenvalue weighted by Crippen LogP contribution is -2.40. The van der Waals surface area contributed by atoms with Crippen LogP contribution >= 0.6 is 11.6 Å². The minimum Gasteiger partial charge on any atom is -0.387 e. The number of aliphatic hydroxyl groups excluding tert-OH is 1. The molecule has 1 fully saturated rings. The molecule has 8 heteroatoms. The summed E-state index contributed by atoms with van der Waals surface area (Å²) in [5, 5.41) is 17.2. The fourth-order valence-corrected chi connectivity index (χ4v) is 4.20. The van der Waals surface area contributed by atoms with E-state index >= 15 is 0 Å². The second-order valence-corrected chi connectivity index (χ2v) is 8.55. The first-order valence-electron chi connectivity index (χ1n) is 11.2. The second-order valence-electron chi connectivity index (χ2n) is 8.11. The second kappa shape index (κ2) is 11.2. The molecular formula is C25H28ClN5O2. The predicted octanol–water partition coefficient (Wildman–Crippen LogP) is 3.60. The molecule has 1 aliphatic heterocycles. The Balaban J connectivity index is 1.23. The monoisotopic (exact) mass is 465 g/mol. The van der Waals surface area contributed by atoms with Crippen molar-refractivity contribution in [3.8, 4) is 0 Å². The number of hydrogen-bond donors (Lipinski definition) is 3. The Kier molecular flexibility index (Phi) is 7.88. The van der Waals surface area contributed by atoms with E-state index in [0.717, 1.165) is 49.2 Å². The molecule has 1 saturated heterocycles. The average Bonchev–Trinajstić information content (AvgIpc) is 3.33. The van der Waals surface area contributed by atoms with Gasteiger partial charge in [0.2, 0.25) is 11.9 Å². The molecule has 4 rings (SSSR count). The number of carbonyl (C=O) groups is 1. The summed E-state index contributed by atoms with van der Waals surface area (Å²) in [4.78, 5) is 23.4. The summed E-state index contributed by atoms with van der Waals surface area (Å²) >= 11 is 5.98. The van der Waals surface area contributed by atoms with Gasteiger partial charge in [0.1, 0.15) is 6.04 Å². The number of carbonyl (C=O) groups excluding carboxylic acids is 1. The smallest absolute Gasteiger partial charge is 0.247 e. The summed E-state index contributed by atoms with van der Waals surface area (Å²) in [6.07, 6.45) is 5.33. The standard InChI is InChI=1S/C25H28ClN5O2/c26-20-5-1-4-19(16-20)23(32)17-27-14-11-18-7-9-21(10-8-18)30-24(33)22-6-2-15-31(22)25-28-12-3-13-29-25/h1,3-5,7-10,12-13,16,22-23,27,32H,2,6,11,14-15,17H2,(H,30,33)/t22-,23-/m0/s1. The maximum Gasteiger partial charge on any atom is 0.247 e. The van der Waals surface area contributed by atoms with E-state index in [1.165, 1.54) is 0 Å². The minimum atomic E-state index is -0.599. The third-order valence-electron chi connectivity index (χ3n) is 5.75. The average molecular weight is 466 g/mol. The zero-order valence-corrected chi connectivity index (χ0v) is 19.1. The number of hydrogen-bond acceptors (Lipinski definition) is 6. The fourth-order valence-electron chi connectivity index (χ4n) is 4.00. The molecule has 3 N–H and O–H groups in total. The van der Waals surface area contributed by atoms with Gasteiger partial charge in [-0.1, -0.05) is 35.9 Å². The van der Waals surface area contributed by atoms with Gasteiger partial charge < -0.3 is 20.6 Å².